The molecule has 12 nitrogen and oxygen atoms in total. The van der Waals surface area contributed by atoms with Gasteiger partial charge in [0.25, 0.3) is 0 Å². The number of carboxylic acid groups (broad SMARTS) is 1. The largest absolute Gasteiger partial charge is 0.479 e. The molecule has 4 unspecified atom stereocenters. The summed E-state index contributed by atoms with van der Waals surface area (Å²) in [6, 6.07) is 0. The standard InChI is InChI=1S/C12H22O12/c13-1-3(15)10(7(18)8(19)11(21)22)24-12-9(20)6(17)5(16)4(2-14)23-12/h3-10,12-20H,1-2H2,(H,21,22)/t3?,4-,5-,6+,7?,8?,9-,10?,12+/m1/s1. The highest BCUT2D eigenvalue weighted by atomic mass is 16.7. The summed E-state index contributed by atoms with van der Waals surface area (Å²) in [5, 5.41) is 84.5. The number of aliphatic hydroxyl groups excluding tert-OH is 8. The SMILES string of the molecule is O=C(O)C(O)C(O)C(O[C@@H]1O[C@H](CO)[C@@H](O)[C@H](O)[C@H]1O)C(O)CO. The monoisotopic (exact) mass is 358 g/mol. The van der Waals surface area contributed by atoms with Crippen LogP contribution in [0, 0.1) is 0 Å². The summed E-state index contributed by atoms with van der Waals surface area (Å²) in [5.74, 6) is -1.84. The Labute approximate surface area is 135 Å². The second-order valence-corrected chi connectivity index (χ2v) is 5.32. The van der Waals surface area contributed by atoms with E-state index in [1.54, 1.807) is 0 Å². The van der Waals surface area contributed by atoms with Crippen molar-refractivity contribution in [3.63, 3.8) is 0 Å². The Hall–Kier alpha value is -0.930. The topological polar surface area (TPSA) is 218 Å². The Balaban J connectivity index is 2.94. The van der Waals surface area contributed by atoms with E-state index in [0.717, 1.165) is 0 Å². The van der Waals surface area contributed by atoms with Gasteiger partial charge in [-0.15, -0.1) is 0 Å². The first-order chi connectivity index (χ1) is 11.1. The molecule has 1 fully saturated rings. The molecule has 0 spiro atoms. The van der Waals surface area contributed by atoms with Crippen LogP contribution in [0.3, 0.4) is 0 Å². The van der Waals surface area contributed by atoms with E-state index in [9.17, 15) is 35.4 Å². The minimum atomic E-state index is -2.39. The molecule has 1 rings (SSSR count). The molecule has 12 heteroatoms. The van der Waals surface area contributed by atoms with Gasteiger partial charge < -0.3 is 55.4 Å². The average Bonchev–Trinajstić information content (AvgIpc) is 2.57. The van der Waals surface area contributed by atoms with Crippen LogP contribution in [-0.2, 0) is 14.3 Å². The lowest BCUT2D eigenvalue weighted by atomic mass is 9.98. The highest BCUT2D eigenvalue weighted by Crippen LogP contribution is 2.24. The van der Waals surface area contributed by atoms with Crippen molar-refractivity contribution < 1.29 is 60.2 Å². The van der Waals surface area contributed by atoms with Crippen LogP contribution in [0.1, 0.15) is 0 Å². The number of carbonyl (C=O) groups is 1. The molecular weight excluding hydrogens is 336 g/mol. The maximum atomic E-state index is 10.7. The van der Waals surface area contributed by atoms with E-state index in [1.807, 2.05) is 0 Å². The van der Waals surface area contributed by atoms with Gasteiger partial charge in [0.1, 0.15) is 42.7 Å². The van der Waals surface area contributed by atoms with Crippen molar-refractivity contribution in [2.75, 3.05) is 13.2 Å². The van der Waals surface area contributed by atoms with E-state index in [-0.39, 0.29) is 0 Å². The fraction of sp³-hybridized carbons (Fsp3) is 0.917. The lowest BCUT2D eigenvalue weighted by molar-refractivity contribution is -0.326. The lowest BCUT2D eigenvalue weighted by Crippen LogP contribution is -2.61. The summed E-state index contributed by atoms with van der Waals surface area (Å²) in [5.41, 5.74) is 0. The van der Waals surface area contributed by atoms with Crippen molar-refractivity contribution in [1.29, 1.82) is 0 Å². The third kappa shape index (κ3) is 4.58. The number of hydrogen-bond acceptors (Lipinski definition) is 11. The molecule has 9 atom stereocenters. The van der Waals surface area contributed by atoms with Crippen molar-refractivity contribution in [3.05, 3.63) is 0 Å². The molecule has 0 bridgehead atoms. The third-order valence-electron chi connectivity index (χ3n) is 3.62. The normalized spacial score (nSPS) is 35.9. The Morgan fingerprint density at radius 3 is 2.08 bits per heavy atom. The van der Waals surface area contributed by atoms with Crippen LogP contribution in [0.4, 0.5) is 0 Å². The van der Waals surface area contributed by atoms with E-state index < -0.39 is 74.3 Å². The van der Waals surface area contributed by atoms with Crippen molar-refractivity contribution in [2.45, 2.75) is 55.1 Å². The molecule has 0 aromatic carbocycles. The van der Waals surface area contributed by atoms with Crippen LogP contribution >= 0.6 is 0 Å². The fourth-order valence-electron chi connectivity index (χ4n) is 2.16. The summed E-state index contributed by atoms with van der Waals surface area (Å²) < 4.78 is 9.98. The number of ether oxygens (including phenoxy) is 2. The van der Waals surface area contributed by atoms with Gasteiger partial charge in [-0.2, -0.15) is 0 Å². The van der Waals surface area contributed by atoms with Crippen molar-refractivity contribution >= 4 is 5.97 Å². The summed E-state index contributed by atoms with van der Waals surface area (Å²) in [7, 11) is 0. The molecule has 1 saturated heterocycles. The number of aliphatic carboxylic acids is 1. The zero-order valence-electron chi connectivity index (χ0n) is 12.4. The van der Waals surface area contributed by atoms with Gasteiger partial charge in [-0.3, -0.25) is 0 Å². The maximum Gasteiger partial charge on any atom is 0.335 e. The van der Waals surface area contributed by atoms with Gasteiger partial charge in [-0.05, 0) is 0 Å². The molecule has 1 aliphatic rings. The molecule has 142 valence electrons. The second-order valence-electron chi connectivity index (χ2n) is 5.32. The molecule has 0 aromatic rings. The number of aliphatic hydroxyl groups is 8. The molecule has 24 heavy (non-hydrogen) atoms. The van der Waals surface area contributed by atoms with Gasteiger partial charge in [0.15, 0.2) is 12.4 Å². The van der Waals surface area contributed by atoms with Gasteiger partial charge >= 0.3 is 5.97 Å². The lowest BCUT2D eigenvalue weighted by Gasteiger charge is -2.42. The Bertz CT molecular complexity index is 403. The van der Waals surface area contributed by atoms with Crippen LogP contribution in [0.2, 0.25) is 0 Å². The molecule has 0 aliphatic carbocycles. The molecule has 0 saturated carbocycles. The molecule has 0 radical (unpaired) electrons. The highest BCUT2D eigenvalue weighted by Gasteiger charge is 2.47. The summed E-state index contributed by atoms with van der Waals surface area (Å²) in [6.07, 6.45) is -16.9. The van der Waals surface area contributed by atoms with Crippen LogP contribution in [0.25, 0.3) is 0 Å². The molecule has 9 N–H and O–H groups in total. The minimum absolute atomic E-state index is 0.766. The second kappa shape index (κ2) is 8.96. The van der Waals surface area contributed by atoms with Crippen molar-refractivity contribution in [1.82, 2.24) is 0 Å². The van der Waals surface area contributed by atoms with Crippen molar-refractivity contribution in [3.8, 4) is 0 Å². The van der Waals surface area contributed by atoms with Gasteiger partial charge in [0.2, 0.25) is 0 Å². The van der Waals surface area contributed by atoms with Crippen LogP contribution in [0.5, 0.6) is 0 Å². The highest BCUT2D eigenvalue weighted by molar-refractivity contribution is 5.72. The predicted octanol–water partition coefficient (Wildman–Crippen LogP) is -5.67. The zero-order valence-corrected chi connectivity index (χ0v) is 12.4. The van der Waals surface area contributed by atoms with E-state index >= 15 is 0 Å². The minimum Gasteiger partial charge on any atom is -0.479 e. The molecule has 1 heterocycles. The van der Waals surface area contributed by atoms with Gasteiger partial charge in [0, 0.05) is 0 Å². The number of carboxylic acids is 1. The quantitative estimate of drug-likeness (QED) is 0.198. The third-order valence-corrected chi connectivity index (χ3v) is 3.62. The smallest absolute Gasteiger partial charge is 0.335 e. The number of hydrogen-bond donors (Lipinski definition) is 9. The van der Waals surface area contributed by atoms with Crippen LogP contribution in [-0.4, -0.2) is 120 Å². The van der Waals surface area contributed by atoms with E-state index in [2.05, 4.69) is 0 Å². The van der Waals surface area contributed by atoms with Gasteiger partial charge in [-0.25, -0.2) is 4.79 Å². The summed E-state index contributed by atoms with van der Waals surface area (Å²) in [6.45, 7) is -1.76. The molecule has 0 aromatic heterocycles. The van der Waals surface area contributed by atoms with E-state index in [0.29, 0.717) is 0 Å². The molecule has 1 aliphatic heterocycles. The van der Waals surface area contributed by atoms with E-state index in [4.69, 9.17) is 24.8 Å². The first kappa shape index (κ1) is 21.1. The summed E-state index contributed by atoms with van der Waals surface area (Å²) in [4.78, 5) is 10.7. The summed E-state index contributed by atoms with van der Waals surface area (Å²) >= 11 is 0. The van der Waals surface area contributed by atoms with Crippen LogP contribution < -0.4 is 0 Å². The average molecular weight is 358 g/mol. The predicted molar refractivity (Wildman–Crippen MR) is 71.4 cm³/mol. The molecular formula is C12H22O12. The zero-order chi connectivity index (χ0) is 18.6. The maximum absolute atomic E-state index is 10.7. The Morgan fingerprint density at radius 1 is 1.04 bits per heavy atom. The Morgan fingerprint density at radius 2 is 1.62 bits per heavy atom. The first-order valence-corrected chi connectivity index (χ1v) is 6.99. The number of rotatable bonds is 8. The van der Waals surface area contributed by atoms with Gasteiger partial charge in [-0.1, -0.05) is 0 Å². The molecule has 0 amide bonds. The Kier molecular flexibility index (Phi) is 7.88. The first-order valence-electron chi connectivity index (χ1n) is 6.99. The van der Waals surface area contributed by atoms with Crippen LogP contribution in [0.15, 0.2) is 0 Å². The van der Waals surface area contributed by atoms with Gasteiger partial charge in [0.05, 0.1) is 13.2 Å². The van der Waals surface area contributed by atoms with E-state index in [1.165, 1.54) is 0 Å². The van der Waals surface area contributed by atoms with Crippen molar-refractivity contribution in [2.24, 2.45) is 0 Å². The fourth-order valence-corrected chi connectivity index (χ4v) is 2.16.